The highest BCUT2D eigenvalue weighted by atomic mass is 79.9. The molecule has 1 atom stereocenters. The van der Waals surface area contributed by atoms with E-state index >= 15 is 0 Å². The van der Waals surface area contributed by atoms with Crippen molar-refractivity contribution in [2.24, 2.45) is 0 Å². The summed E-state index contributed by atoms with van der Waals surface area (Å²) in [5.74, 6) is 0.702. The van der Waals surface area contributed by atoms with Crippen molar-refractivity contribution in [1.29, 1.82) is 0 Å². The molecule has 1 fully saturated rings. The maximum Gasteiger partial charge on any atom is 0.243 e. The molecule has 1 saturated heterocycles. The van der Waals surface area contributed by atoms with Crippen molar-refractivity contribution < 1.29 is 13.2 Å². The second-order valence-electron chi connectivity index (χ2n) is 6.19. The Balaban J connectivity index is 2.40. The van der Waals surface area contributed by atoms with Crippen molar-refractivity contribution in [1.82, 2.24) is 4.31 Å². The van der Waals surface area contributed by atoms with Gasteiger partial charge in [0.25, 0.3) is 0 Å². The van der Waals surface area contributed by atoms with Gasteiger partial charge in [-0.25, -0.2) is 8.42 Å². The van der Waals surface area contributed by atoms with Crippen molar-refractivity contribution in [2.45, 2.75) is 56.9 Å². The lowest BCUT2D eigenvalue weighted by Gasteiger charge is -2.35. The first kappa shape index (κ1) is 18.7. The highest BCUT2D eigenvalue weighted by Crippen LogP contribution is 2.32. The van der Waals surface area contributed by atoms with Crippen LogP contribution in [0.2, 0.25) is 0 Å². The summed E-state index contributed by atoms with van der Waals surface area (Å²) in [4.78, 5) is 0.448. The predicted octanol–water partition coefficient (Wildman–Crippen LogP) is 4.03. The van der Waals surface area contributed by atoms with Crippen LogP contribution in [0.3, 0.4) is 0 Å². The number of aryl methyl sites for hydroxylation is 2. The Labute approximate surface area is 148 Å². The molecule has 2 rings (SSSR count). The Morgan fingerprint density at radius 3 is 2.48 bits per heavy atom. The van der Waals surface area contributed by atoms with Crippen molar-refractivity contribution in [3.05, 3.63) is 23.3 Å². The molecule has 1 aliphatic heterocycles. The van der Waals surface area contributed by atoms with Gasteiger partial charge in [0.05, 0.1) is 12.0 Å². The fourth-order valence-electron chi connectivity index (χ4n) is 3.44. The fourth-order valence-corrected chi connectivity index (χ4v) is 5.91. The number of methoxy groups -OCH3 is 1. The van der Waals surface area contributed by atoms with Crippen LogP contribution in [0.15, 0.2) is 17.0 Å². The molecule has 130 valence electrons. The molecule has 4 nitrogen and oxygen atoms in total. The molecule has 1 heterocycles. The second-order valence-corrected chi connectivity index (χ2v) is 8.81. The smallest absolute Gasteiger partial charge is 0.243 e. The van der Waals surface area contributed by atoms with E-state index in [-0.39, 0.29) is 6.04 Å². The maximum absolute atomic E-state index is 13.3. The number of ether oxygens (including phenoxy) is 1. The van der Waals surface area contributed by atoms with E-state index in [2.05, 4.69) is 15.9 Å². The van der Waals surface area contributed by atoms with E-state index in [0.29, 0.717) is 17.2 Å². The summed E-state index contributed by atoms with van der Waals surface area (Å²) < 4.78 is 33.5. The van der Waals surface area contributed by atoms with Crippen LogP contribution in [-0.2, 0) is 10.0 Å². The number of sulfonamides is 1. The highest BCUT2D eigenvalue weighted by Gasteiger charge is 2.34. The van der Waals surface area contributed by atoms with E-state index < -0.39 is 10.0 Å². The third kappa shape index (κ3) is 4.09. The van der Waals surface area contributed by atoms with Crippen LogP contribution < -0.4 is 4.74 Å². The summed E-state index contributed by atoms with van der Waals surface area (Å²) in [5.41, 5.74) is 1.51. The lowest BCUT2D eigenvalue weighted by molar-refractivity contribution is 0.240. The number of hydrogen-bond acceptors (Lipinski definition) is 3. The Hall–Kier alpha value is -0.590. The minimum atomic E-state index is -3.47. The van der Waals surface area contributed by atoms with Crippen LogP contribution in [0, 0.1) is 13.8 Å². The first-order valence-corrected chi connectivity index (χ1v) is 10.7. The summed E-state index contributed by atoms with van der Waals surface area (Å²) in [7, 11) is -1.86. The summed E-state index contributed by atoms with van der Waals surface area (Å²) >= 11 is 3.45. The number of alkyl halides is 1. The molecule has 0 aliphatic carbocycles. The molecular weight excluding hydrogens is 378 g/mol. The molecule has 1 unspecified atom stereocenters. The summed E-state index contributed by atoms with van der Waals surface area (Å²) in [6.45, 7) is 4.32. The minimum Gasteiger partial charge on any atom is -0.497 e. The van der Waals surface area contributed by atoms with E-state index in [9.17, 15) is 8.42 Å². The van der Waals surface area contributed by atoms with Gasteiger partial charge in [0, 0.05) is 17.9 Å². The molecule has 0 spiro atoms. The lowest BCUT2D eigenvalue weighted by Crippen LogP contribution is -2.44. The summed E-state index contributed by atoms with van der Waals surface area (Å²) in [5, 5.41) is 0.915. The average molecular weight is 404 g/mol. The number of rotatable bonds is 6. The van der Waals surface area contributed by atoms with Gasteiger partial charge in [0.15, 0.2) is 0 Å². The zero-order chi connectivity index (χ0) is 17.0. The van der Waals surface area contributed by atoms with Gasteiger partial charge in [-0.2, -0.15) is 4.31 Å². The minimum absolute atomic E-state index is 0.118. The van der Waals surface area contributed by atoms with E-state index in [1.807, 2.05) is 13.8 Å². The van der Waals surface area contributed by atoms with E-state index in [0.717, 1.165) is 48.6 Å². The Kier molecular flexibility index (Phi) is 6.51. The number of nitrogens with zero attached hydrogens (tertiary/aromatic N) is 1. The van der Waals surface area contributed by atoms with E-state index in [1.165, 1.54) is 0 Å². The molecule has 0 saturated carbocycles. The molecule has 1 aliphatic rings. The normalized spacial score (nSPS) is 19.7. The van der Waals surface area contributed by atoms with Crippen LogP contribution in [-0.4, -0.2) is 37.7 Å². The summed E-state index contributed by atoms with van der Waals surface area (Å²) in [6.07, 6.45) is 4.92. The summed E-state index contributed by atoms with van der Waals surface area (Å²) in [6, 6.07) is 3.72. The first-order chi connectivity index (χ1) is 10.9. The van der Waals surface area contributed by atoms with Crippen LogP contribution in [0.1, 0.15) is 43.2 Å². The standard InChI is InChI=1S/C17H26BrNO3S/c1-13-11-16(22-3)12-14(2)17(13)23(20,21)19-10-5-4-7-15(19)8-6-9-18/h11-12,15H,4-10H2,1-3H3. The van der Waals surface area contributed by atoms with Gasteiger partial charge < -0.3 is 4.74 Å². The van der Waals surface area contributed by atoms with Gasteiger partial charge >= 0.3 is 0 Å². The van der Waals surface area contributed by atoms with Gasteiger partial charge in [0.2, 0.25) is 10.0 Å². The molecule has 0 amide bonds. The lowest BCUT2D eigenvalue weighted by atomic mass is 10.0. The molecule has 0 bridgehead atoms. The molecule has 1 aromatic rings. The van der Waals surface area contributed by atoms with E-state index in [4.69, 9.17) is 4.74 Å². The van der Waals surface area contributed by atoms with Crippen molar-refractivity contribution in [3.63, 3.8) is 0 Å². The quantitative estimate of drug-likeness (QED) is 0.673. The first-order valence-electron chi connectivity index (χ1n) is 8.15. The topological polar surface area (TPSA) is 46.6 Å². The van der Waals surface area contributed by atoms with Crippen molar-refractivity contribution in [3.8, 4) is 5.75 Å². The molecule has 0 radical (unpaired) electrons. The Morgan fingerprint density at radius 2 is 1.91 bits per heavy atom. The Morgan fingerprint density at radius 1 is 1.26 bits per heavy atom. The average Bonchev–Trinajstić information content (AvgIpc) is 2.52. The third-order valence-corrected chi connectivity index (χ3v) is 7.30. The highest BCUT2D eigenvalue weighted by molar-refractivity contribution is 9.09. The van der Waals surface area contributed by atoms with Gasteiger partial charge in [0.1, 0.15) is 5.75 Å². The van der Waals surface area contributed by atoms with Crippen LogP contribution in [0.4, 0.5) is 0 Å². The number of piperidine rings is 1. The number of benzene rings is 1. The van der Waals surface area contributed by atoms with Crippen molar-refractivity contribution >= 4 is 26.0 Å². The second kappa shape index (κ2) is 7.99. The molecule has 23 heavy (non-hydrogen) atoms. The monoisotopic (exact) mass is 403 g/mol. The third-order valence-electron chi connectivity index (χ3n) is 4.48. The van der Waals surface area contributed by atoms with Crippen molar-refractivity contribution in [2.75, 3.05) is 19.0 Å². The molecule has 0 aromatic heterocycles. The maximum atomic E-state index is 13.3. The largest absolute Gasteiger partial charge is 0.497 e. The fraction of sp³-hybridized carbons (Fsp3) is 0.647. The predicted molar refractivity (Wildman–Crippen MR) is 97.0 cm³/mol. The van der Waals surface area contributed by atoms with Crippen LogP contribution in [0.5, 0.6) is 5.75 Å². The molecule has 0 N–H and O–H groups in total. The molecular formula is C17H26BrNO3S. The van der Waals surface area contributed by atoms with Crippen LogP contribution >= 0.6 is 15.9 Å². The number of halogens is 1. The Bertz CT molecular complexity index is 622. The SMILES string of the molecule is COc1cc(C)c(S(=O)(=O)N2CCCCC2CCCBr)c(C)c1. The zero-order valence-electron chi connectivity index (χ0n) is 14.1. The van der Waals surface area contributed by atoms with Gasteiger partial charge in [-0.3, -0.25) is 0 Å². The van der Waals surface area contributed by atoms with Gasteiger partial charge in [-0.05, 0) is 62.8 Å². The molecule has 1 aromatic carbocycles. The number of hydrogen-bond donors (Lipinski definition) is 0. The van der Waals surface area contributed by atoms with Gasteiger partial charge in [-0.1, -0.05) is 22.4 Å². The van der Waals surface area contributed by atoms with Gasteiger partial charge in [-0.15, -0.1) is 0 Å². The zero-order valence-corrected chi connectivity index (χ0v) is 16.5. The molecule has 6 heteroatoms. The van der Waals surface area contributed by atoms with E-state index in [1.54, 1.807) is 23.5 Å². The van der Waals surface area contributed by atoms with Crippen LogP contribution in [0.25, 0.3) is 0 Å².